The van der Waals surface area contributed by atoms with Crippen LogP contribution in [0.4, 0.5) is 0 Å². The van der Waals surface area contributed by atoms with Crippen molar-refractivity contribution < 1.29 is 4.79 Å². The smallest absolute Gasteiger partial charge is 0.225 e. The highest BCUT2D eigenvalue weighted by atomic mass is 35.5. The van der Waals surface area contributed by atoms with Crippen LogP contribution >= 0.6 is 11.6 Å². The molecule has 0 unspecified atom stereocenters. The number of fused-ring (bicyclic) bond motifs is 2. The molecule has 0 aliphatic heterocycles. The first-order chi connectivity index (χ1) is 4.77. The molecule has 0 N–H and O–H groups in total. The number of halogens is 1. The van der Waals surface area contributed by atoms with Crippen LogP contribution in [-0.4, -0.2) is 5.24 Å². The van der Waals surface area contributed by atoms with Gasteiger partial charge in [-0.25, -0.2) is 0 Å². The zero-order valence-corrected chi connectivity index (χ0v) is 6.60. The Morgan fingerprint density at radius 1 is 1.30 bits per heavy atom. The molecule has 0 heterocycles. The summed E-state index contributed by atoms with van der Waals surface area (Å²) < 4.78 is 0. The maximum absolute atomic E-state index is 10.8. The van der Waals surface area contributed by atoms with E-state index in [4.69, 9.17) is 11.6 Å². The Morgan fingerprint density at radius 3 is 2.40 bits per heavy atom. The molecule has 2 aliphatic rings. The fourth-order valence-electron chi connectivity index (χ4n) is 2.52. The van der Waals surface area contributed by atoms with E-state index in [1.54, 1.807) is 0 Å². The Balaban J connectivity index is 2.08. The largest absolute Gasteiger partial charge is 0.281 e. The third-order valence-electron chi connectivity index (χ3n) is 3.03. The van der Waals surface area contributed by atoms with Gasteiger partial charge in [-0.1, -0.05) is 6.42 Å². The molecule has 10 heavy (non-hydrogen) atoms. The van der Waals surface area contributed by atoms with Crippen molar-refractivity contribution in [1.29, 1.82) is 0 Å². The topological polar surface area (TPSA) is 17.1 Å². The van der Waals surface area contributed by atoms with E-state index in [-0.39, 0.29) is 11.2 Å². The molecule has 0 aromatic carbocycles. The Bertz CT molecular complexity index is 167. The molecule has 0 aromatic heterocycles. The lowest BCUT2D eigenvalue weighted by molar-refractivity contribution is -0.116. The first-order valence-corrected chi connectivity index (χ1v) is 4.34. The van der Waals surface area contributed by atoms with E-state index in [2.05, 4.69) is 0 Å². The highest BCUT2D eigenvalue weighted by Gasteiger charge is 2.42. The van der Waals surface area contributed by atoms with Crippen molar-refractivity contribution in [3.05, 3.63) is 0 Å². The highest BCUT2D eigenvalue weighted by Crippen LogP contribution is 2.48. The maximum Gasteiger partial charge on any atom is 0.225 e. The normalized spacial score (nSPS) is 44.3. The van der Waals surface area contributed by atoms with E-state index < -0.39 is 0 Å². The number of carbonyl (C=O) groups is 1. The van der Waals surface area contributed by atoms with Crippen molar-refractivity contribution in [3.8, 4) is 0 Å². The van der Waals surface area contributed by atoms with Gasteiger partial charge in [0.15, 0.2) is 0 Å². The molecular weight excluding hydrogens is 148 g/mol. The fraction of sp³-hybridized carbons (Fsp3) is 0.875. The molecule has 0 spiro atoms. The third kappa shape index (κ3) is 0.878. The number of carbonyl (C=O) groups excluding carboxylic acids is 1. The Kier molecular flexibility index (Phi) is 1.48. The molecule has 0 aromatic rings. The summed E-state index contributed by atoms with van der Waals surface area (Å²) >= 11 is 5.44. The van der Waals surface area contributed by atoms with Crippen LogP contribution in [-0.2, 0) is 4.79 Å². The first-order valence-electron chi connectivity index (χ1n) is 3.96. The SMILES string of the molecule is O=C(Cl)[C@@H]1C[C@@H]2CC[C@H]1C2. The lowest BCUT2D eigenvalue weighted by atomic mass is 9.90. The lowest BCUT2D eigenvalue weighted by Gasteiger charge is -2.16. The summed E-state index contributed by atoms with van der Waals surface area (Å²) in [5, 5.41) is -0.0906. The van der Waals surface area contributed by atoms with Gasteiger partial charge in [0.05, 0.1) is 0 Å². The zero-order chi connectivity index (χ0) is 7.14. The number of hydrogen-bond acceptors (Lipinski definition) is 1. The van der Waals surface area contributed by atoms with E-state index in [1.165, 1.54) is 19.3 Å². The summed E-state index contributed by atoms with van der Waals surface area (Å²) in [6.45, 7) is 0. The van der Waals surface area contributed by atoms with Crippen LogP contribution in [0.2, 0.25) is 0 Å². The predicted octanol–water partition coefficient (Wildman–Crippen LogP) is 2.19. The molecule has 2 aliphatic carbocycles. The van der Waals surface area contributed by atoms with Crippen LogP contribution in [0, 0.1) is 17.8 Å². The molecule has 2 bridgehead atoms. The Hall–Kier alpha value is -0.0400. The van der Waals surface area contributed by atoms with Gasteiger partial charge in [0.25, 0.3) is 0 Å². The Morgan fingerprint density at radius 2 is 2.10 bits per heavy atom. The van der Waals surface area contributed by atoms with Gasteiger partial charge in [0.1, 0.15) is 0 Å². The first kappa shape index (κ1) is 6.66. The van der Waals surface area contributed by atoms with E-state index in [0.29, 0.717) is 5.92 Å². The molecule has 0 saturated heterocycles. The molecule has 2 heteroatoms. The van der Waals surface area contributed by atoms with Gasteiger partial charge in [-0.05, 0) is 42.7 Å². The van der Waals surface area contributed by atoms with Gasteiger partial charge in [-0.15, -0.1) is 0 Å². The van der Waals surface area contributed by atoms with Gasteiger partial charge in [-0.3, -0.25) is 4.79 Å². The highest BCUT2D eigenvalue weighted by molar-refractivity contribution is 6.64. The minimum atomic E-state index is -0.0906. The average molecular weight is 159 g/mol. The minimum absolute atomic E-state index is 0.0906. The van der Waals surface area contributed by atoms with Crippen LogP contribution in [0.25, 0.3) is 0 Å². The van der Waals surface area contributed by atoms with Crippen molar-refractivity contribution in [2.75, 3.05) is 0 Å². The van der Waals surface area contributed by atoms with Crippen LogP contribution in [0.1, 0.15) is 25.7 Å². The molecule has 56 valence electrons. The van der Waals surface area contributed by atoms with E-state index in [9.17, 15) is 4.79 Å². The monoisotopic (exact) mass is 158 g/mol. The second-order valence-corrected chi connectivity index (χ2v) is 3.96. The molecule has 2 saturated carbocycles. The van der Waals surface area contributed by atoms with Gasteiger partial charge in [0, 0.05) is 5.92 Å². The van der Waals surface area contributed by atoms with E-state index >= 15 is 0 Å². The zero-order valence-electron chi connectivity index (χ0n) is 5.85. The summed E-state index contributed by atoms with van der Waals surface area (Å²) in [6, 6.07) is 0. The standard InChI is InChI=1S/C8H11ClO/c9-8(10)7-4-5-1-2-6(7)3-5/h5-7H,1-4H2/t5-,6+,7-/m1/s1. The maximum atomic E-state index is 10.8. The summed E-state index contributed by atoms with van der Waals surface area (Å²) in [7, 11) is 0. The molecule has 2 rings (SSSR count). The summed E-state index contributed by atoms with van der Waals surface area (Å²) in [4.78, 5) is 10.8. The van der Waals surface area contributed by atoms with Crippen LogP contribution in [0.15, 0.2) is 0 Å². The summed E-state index contributed by atoms with van der Waals surface area (Å²) in [5.41, 5.74) is 0. The van der Waals surface area contributed by atoms with Gasteiger partial charge >= 0.3 is 0 Å². The van der Waals surface area contributed by atoms with Crippen LogP contribution in [0.5, 0.6) is 0 Å². The van der Waals surface area contributed by atoms with Gasteiger partial charge in [-0.2, -0.15) is 0 Å². The molecule has 2 fully saturated rings. The second kappa shape index (κ2) is 2.23. The van der Waals surface area contributed by atoms with Crippen molar-refractivity contribution in [3.63, 3.8) is 0 Å². The molecule has 0 radical (unpaired) electrons. The van der Waals surface area contributed by atoms with Crippen molar-refractivity contribution in [2.45, 2.75) is 25.7 Å². The second-order valence-electron chi connectivity index (χ2n) is 3.59. The predicted molar refractivity (Wildman–Crippen MR) is 39.8 cm³/mol. The number of hydrogen-bond donors (Lipinski definition) is 0. The van der Waals surface area contributed by atoms with Crippen LogP contribution < -0.4 is 0 Å². The van der Waals surface area contributed by atoms with Crippen molar-refractivity contribution >= 4 is 16.8 Å². The van der Waals surface area contributed by atoms with Crippen LogP contribution in [0.3, 0.4) is 0 Å². The van der Waals surface area contributed by atoms with Gasteiger partial charge < -0.3 is 0 Å². The average Bonchev–Trinajstić information content (AvgIpc) is 2.44. The minimum Gasteiger partial charge on any atom is -0.281 e. The van der Waals surface area contributed by atoms with Crippen molar-refractivity contribution in [2.24, 2.45) is 17.8 Å². The molecule has 0 amide bonds. The molecule has 1 nitrogen and oxygen atoms in total. The molecular formula is C8H11ClO. The fourth-order valence-corrected chi connectivity index (χ4v) is 2.79. The Labute approximate surface area is 65.7 Å². The quantitative estimate of drug-likeness (QED) is 0.535. The lowest BCUT2D eigenvalue weighted by Crippen LogP contribution is -2.16. The summed E-state index contributed by atoms with van der Waals surface area (Å²) in [5.74, 6) is 1.70. The van der Waals surface area contributed by atoms with E-state index in [0.717, 1.165) is 12.3 Å². The van der Waals surface area contributed by atoms with Crippen molar-refractivity contribution in [1.82, 2.24) is 0 Å². The summed E-state index contributed by atoms with van der Waals surface area (Å²) in [6.07, 6.45) is 4.93. The van der Waals surface area contributed by atoms with E-state index in [1.807, 2.05) is 0 Å². The van der Waals surface area contributed by atoms with Gasteiger partial charge in [0.2, 0.25) is 5.24 Å². The third-order valence-corrected chi connectivity index (χ3v) is 3.31. The number of rotatable bonds is 1. The molecule has 3 atom stereocenters.